The van der Waals surface area contributed by atoms with Crippen LogP contribution in [0.1, 0.15) is 22.8 Å². The number of ether oxygens (including phenoxy) is 1. The summed E-state index contributed by atoms with van der Waals surface area (Å²) in [4.78, 5) is 22.6. The van der Waals surface area contributed by atoms with E-state index in [1.165, 1.54) is 5.56 Å². The smallest absolute Gasteiger partial charge is 0.258 e. The second-order valence-electron chi connectivity index (χ2n) is 9.03. The van der Waals surface area contributed by atoms with Crippen molar-refractivity contribution < 1.29 is 9.53 Å². The van der Waals surface area contributed by atoms with Crippen LogP contribution < -0.4 is 14.5 Å². The van der Waals surface area contributed by atoms with Gasteiger partial charge in [-0.3, -0.25) is 4.79 Å². The van der Waals surface area contributed by atoms with Gasteiger partial charge in [0.1, 0.15) is 11.6 Å². The van der Waals surface area contributed by atoms with Gasteiger partial charge in [0.15, 0.2) is 0 Å². The number of carbonyl (C=O) groups excluding carboxylic acids is 1. The molecule has 0 saturated carbocycles. The molecule has 1 amide bonds. The molecule has 1 aromatic heterocycles. The number of hydrogen-bond acceptors (Lipinski definition) is 4. The van der Waals surface area contributed by atoms with Crippen molar-refractivity contribution in [1.29, 1.82) is 0 Å². The van der Waals surface area contributed by atoms with Crippen molar-refractivity contribution in [3.63, 3.8) is 0 Å². The summed E-state index contributed by atoms with van der Waals surface area (Å²) in [5, 5.41) is 3.32. The highest BCUT2D eigenvalue weighted by atomic mass is 16.5. The third-order valence-corrected chi connectivity index (χ3v) is 6.99. The molecule has 5 aromatic rings. The van der Waals surface area contributed by atoms with Crippen LogP contribution in [0, 0.1) is 0 Å². The van der Waals surface area contributed by atoms with Crippen LogP contribution in [0.3, 0.4) is 0 Å². The maximum absolute atomic E-state index is 13.5. The highest BCUT2D eigenvalue weighted by Gasteiger charge is 2.24. The number of carbonyl (C=O) groups is 1. The molecule has 0 N–H and O–H groups in total. The normalized spacial score (nSPS) is 12.7. The first kappa shape index (κ1) is 22.1. The standard InChI is InChI=1S/C31H27N3O2/c1-3-33(29-10-6-8-21-7-4-5-9-27(21)29)31(35)22-11-14-25(15-12-22)34-18-17-24-19-23-13-16-26(36-2)20-28(23)32-30(24)34/h4-16,19-20H,3,17-18H2,1-2H3. The van der Waals surface area contributed by atoms with Gasteiger partial charge in [-0.15, -0.1) is 0 Å². The Balaban J connectivity index is 1.30. The molecular formula is C31H27N3O2. The zero-order chi connectivity index (χ0) is 24.6. The van der Waals surface area contributed by atoms with Crippen LogP contribution in [0.15, 0.2) is 91.0 Å². The number of benzene rings is 4. The maximum atomic E-state index is 13.5. The Labute approximate surface area is 210 Å². The van der Waals surface area contributed by atoms with Crippen LogP contribution in [-0.4, -0.2) is 31.1 Å². The minimum absolute atomic E-state index is 0.00145. The molecule has 0 unspecified atom stereocenters. The molecule has 5 nitrogen and oxygen atoms in total. The van der Waals surface area contributed by atoms with Crippen molar-refractivity contribution in [3.8, 4) is 5.75 Å². The maximum Gasteiger partial charge on any atom is 0.258 e. The van der Waals surface area contributed by atoms with Gasteiger partial charge in [0, 0.05) is 41.2 Å². The predicted octanol–water partition coefficient (Wildman–Crippen LogP) is 6.76. The quantitative estimate of drug-likeness (QED) is 0.283. The highest BCUT2D eigenvalue weighted by Crippen LogP contribution is 2.36. The molecule has 6 rings (SSSR count). The minimum Gasteiger partial charge on any atom is -0.497 e. The van der Waals surface area contributed by atoms with Crippen molar-refractivity contribution >= 4 is 44.8 Å². The van der Waals surface area contributed by atoms with Crippen LogP contribution in [-0.2, 0) is 6.42 Å². The van der Waals surface area contributed by atoms with Gasteiger partial charge in [-0.2, -0.15) is 0 Å². The fraction of sp³-hybridized carbons (Fsp3) is 0.161. The van der Waals surface area contributed by atoms with Gasteiger partial charge >= 0.3 is 0 Å². The van der Waals surface area contributed by atoms with Crippen molar-refractivity contribution in [1.82, 2.24) is 4.98 Å². The number of anilines is 3. The van der Waals surface area contributed by atoms with E-state index in [1.54, 1.807) is 7.11 Å². The average Bonchev–Trinajstić information content (AvgIpc) is 3.34. The van der Waals surface area contributed by atoms with Crippen LogP contribution in [0.2, 0.25) is 0 Å². The van der Waals surface area contributed by atoms with E-state index in [4.69, 9.17) is 9.72 Å². The minimum atomic E-state index is -0.00145. The number of fused-ring (bicyclic) bond motifs is 3. The fourth-order valence-corrected chi connectivity index (χ4v) is 5.12. The Hall–Kier alpha value is -4.38. The molecule has 0 spiro atoms. The van der Waals surface area contributed by atoms with E-state index in [-0.39, 0.29) is 5.91 Å². The van der Waals surface area contributed by atoms with E-state index >= 15 is 0 Å². The van der Waals surface area contributed by atoms with Crippen molar-refractivity contribution in [2.75, 3.05) is 30.0 Å². The number of aromatic nitrogens is 1. The lowest BCUT2D eigenvalue weighted by molar-refractivity contribution is 0.0988. The molecule has 5 heteroatoms. The van der Waals surface area contributed by atoms with Crippen molar-refractivity contribution in [3.05, 3.63) is 102 Å². The summed E-state index contributed by atoms with van der Waals surface area (Å²) < 4.78 is 5.38. The first-order valence-corrected chi connectivity index (χ1v) is 12.3. The van der Waals surface area contributed by atoms with Crippen molar-refractivity contribution in [2.45, 2.75) is 13.3 Å². The lowest BCUT2D eigenvalue weighted by Gasteiger charge is -2.24. The van der Waals surface area contributed by atoms with Gasteiger partial charge < -0.3 is 14.5 Å². The molecule has 4 aromatic carbocycles. The van der Waals surface area contributed by atoms with Gasteiger partial charge in [0.05, 0.1) is 18.3 Å². The Kier molecular flexibility index (Phi) is 5.53. The molecule has 0 bridgehead atoms. The Bertz CT molecular complexity index is 1590. The van der Waals surface area contributed by atoms with Gasteiger partial charge in [0.25, 0.3) is 5.91 Å². The lowest BCUT2D eigenvalue weighted by atomic mass is 10.1. The number of hydrogen-bond donors (Lipinski definition) is 0. The van der Waals surface area contributed by atoms with Crippen LogP contribution in [0.4, 0.5) is 17.2 Å². The summed E-state index contributed by atoms with van der Waals surface area (Å²) in [5.74, 6) is 1.77. The first-order chi connectivity index (χ1) is 17.7. The van der Waals surface area contributed by atoms with E-state index in [0.717, 1.165) is 57.6 Å². The lowest BCUT2D eigenvalue weighted by Crippen LogP contribution is -2.30. The first-order valence-electron chi connectivity index (χ1n) is 12.3. The monoisotopic (exact) mass is 473 g/mol. The molecule has 1 aliphatic heterocycles. The summed E-state index contributed by atoms with van der Waals surface area (Å²) in [7, 11) is 1.67. The van der Waals surface area contributed by atoms with Crippen LogP contribution in [0.5, 0.6) is 5.75 Å². The Morgan fingerprint density at radius 1 is 0.944 bits per heavy atom. The van der Waals surface area contributed by atoms with Gasteiger partial charge in [-0.05, 0) is 72.8 Å². The molecule has 36 heavy (non-hydrogen) atoms. The number of pyridine rings is 1. The molecule has 0 atom stereocenters. The Morgan fingerprint density at radius 2 is 1.75 bits per heavy atom. The third-order valence-electron chi connectivity index (χ3n) is 6.99. The van der Waals surface area contributed by atoms with Gasteiger partial charge in [0.2, 0.25) is 0 Å². The number of nitrogens with zero attached hydrogens (tertiary/aromatic N) is 3. The largest absolute Gasteiger partial charge is 0.497 e. The molecular weight excluding hydrogens is 446 g/mol. The van der Waals surface area contributed by atoms with Crippen LogP contribution in [0.25, 0.3) is 21.7 Å². The molecule has 0 fully saturated rings. The number of amides is 1. The predicted molar refractivity (Wildman–Crippen MR) is 147 cm³/mol. The van der Waals surface area contributed by atoms with Crippen molar-refractivity contribution in [2.24, 2.45) is 0 Å². The molecule has 0 saturated heterocycles. The zero-order valence-corrected chi connectivity index (χ0v) is 20.4. The van der Waals surface area contributed by atoms with Gasteiger partial charge in [-0.25, -0.2) is 4.98 Å². The number of methoxy groups -OCH3 is 1. The molecule has 0 radical (unpaired) electrons. The topological polar surface area (TPSA) is 45.7 Å². The molecule has 0 aliphatic carbocycles. The number of rotatable bonds is 5. The van der Waals surface area contributed by atoms with Crippen LogP contribution >= 0.6 is 0 Å². The average molecular weight is 474 g/mol. The third kappa shape index (κ3) is 3.73. The van der Waals surface area contributed by atoms with E-state index in [1.807, 2.05) is 72.5 Å². The summed E-state index contributed by atoms with van der Waals surface area (Å²) in [5.41, 5.74) is 4.79. The van der Waals surface area contributed by atoms with E-state index in [0.29, 0.717) is 12.1 Å². The highest BCUT2D eigenvalue weighted by molar-refractivity contribution is 6.11. The van der Waals surface area contributed by atoms with Gasteiger partial charge in [-0.1, -0.05) is 36.4 Å². The molecule has 2 heterocycles. The molecule has 178 valence electrons. The Morgan fingerprint density at radius 3 is 2.56 bits per heavy atom. The second kappa shape index (κ2) is 9.00. The van der Waals surface area contributed by atoms with E-state index in [2.05, 4.69) is 35.2 Å². The zero-order valence-electron chi connectivity index (χ0n) is 20.4. The molecule has 1 aliphatic rings. The summed E-state index contributed by atoms with van der Waals surface area (Å²) in [6, 6.07) is 30.4. The summed E-state index contributed by atoms with van der Waals surface area (Å²) >= 11 is 0. The SMILES string of the molecule is CCN(C(=O)c1ccc(N2CCc3cc4ccc(OC)cc4nc32)cc1)c1cccc2ccccc12. The summed E-state index contributed by atoms with van der Waals surface area (Å²) in [6.45, 7) is 3.47. The van der Waals surface area contributed by atoms with E-state index < -0.39 is 0 Å². The fourth-order valence-electron chi connectivity index (χ4n) is 5.12. The second-order valence-corrected chi connectivity index (χ2v) is 9.03. The van der Waals surface area contributed by atoms with E-state index in [9.17, 15) is 4.79 Å². The summed E-state index contributed by atoms with van der Waals surface area (Å²) in [6.07, 6.45) is 0.940.